The van der Waals surface area contributed by atoms with Crippen molar-refractivity contribution >= 4 is 0 Å². The van der Waals surface area contributed by atoms with Gasteiger partial charge < -0.3 is 5.11 Å². The van der Waals surface area contributed by atoms with Crippen molar-refractivity contribution in [3.63, 3.8) is 0 Å². The maximum absolute atomic E-state index is 11.5. The van der Waals surface area contributed by atoms with Crippen LogP contribution in [-0.2, 0) is 18.7 Å². The molecule has 2 fully saturated rings. The minimum atomic E-state index is -1.13. The molecule has 26 heavy (non-hydrogen) atoms. The van der Waals surface area contributed by atoms with Gasteiger partial charge in [-0.2, -0.15) is 0 Å². The van der Waals surface area contributed by atoms with Crippen molar-refractivity contribution in [1.82, 2.24) is 30.0 Å². The summed E-state index contributed by atoms with van der Waals surface area (Å²) in [6.07, 6.45) is 8.66. The van der Waals surface area contributed by atoms with Gasteiger partial charge in [-0.3, -0.25) is 0 Å². The molecule has 134 valence electrons. The molecule has 7 nitrogen and oxygen atoms in total. The van der Waals surface area contributed by atoms with Crippen molar-refractivity contribution in [2.75, 3.05) is 0 Å². The standard InChI is InChI=1S/C19H22N6O/c26-19(16-4-2-1-3-5-16,12-24-10-17(20-22-24)14-6-7-14)13-25-11-18(21-23-25)15-8-9-15/h1-5,10-11,14-15,26H,6-9,12-13H2. The molecule has 1 aromatic carbocycles. The number of rotatable bonds is 7. The van der Waals surface area contributed by atoms with E-state index in [2.05, 4.69) is 20.6 Å². The lowest BCUT2D eigenvalue weighted by Gasteiger charge is -2.28. The second-order valence-corrected chi connectivity index (χ2v) is 7.63. The monoisotopic (exact) mass is 350 g/mol. The summed E-state index contributed by atoms with van der Waals surface area (Å²) >= 11 is 0. The lowest BCUT2D eigenvalue weighted by Crippen LogP contribution is -2.36. The van der Waals surface area contributed by atoms with Crippen molar-refractivity contribution in [2.45, 2.75) is 56.2 Å². The van der Waals surface area contributed by atoms with Crippen molar-refractivity contribution in [2.24, 2.45) is 0 Å². The largest absolute Gasteiger partial charge is 0.381 e. The molecule has 0 atom stereocenters. The summed E-state index contributed by atoms with van der Waals surface area (Å²) in [5.41, 5.74) is 1.76. The van der Waals surface area contributed by atoms with E-state index >= 15 is 0 Å². The van der Waals surface area contributed by atoms with Gasteiger partial charge in [-0.05, 0) is 31.2 Å². The second kappa shape index (κ2) is 6.02. The van der Waals surface area contributed by atoms with Gasteiger partial charge in [0.25, 0.3) is 0 Å². The third-order valence-corrected chi connectivity index (χ3v) is 5.26. The number of aliphatic hydroxyl groups is 1. The molecule has 0 bridgehead atoms. The summed E-state index contributed by atoms with van der Waals surface area (Å²) in [5, 5.41) is 28.5. The summed E-state index contributed by atoms with van der Waals surface area (Å²) in [5.74, 6) is 1.09. The molecule has 2 heterocycles. The first-order valence-corrected chi connectivity index (χ1v) is 9.28. The van der Waals surface area contributed by atoms with E-state index in [1.165, 1.54) is 25.7 Å². The van der Waals surface area contributed by atoms with Crippen molar-refractivity contribution < 1.29 is 5.11 Å². The third-order valence-electron chi connectivity index (χ3n) is 5.26. The Labute approximate surface area is 151 Å². The number of benzene rings is 1. The van der Waals surface area contributed by atoms with Crippen LogP contribution in [0.25, 0.3) is 0 Å². The SMILES string of the molecule is OC(Cn1cc(C2CC2)nn1)(Cn1cc(C2CC2)nn1)c1ccccc1. The Morgan fingerprint density at radius 2 is 1.35 bits per heavy atom. The average Bonchev–Trinajstić information content (AvgIpc) is 3.59. The number of hydrogen-bond acceptors (Lipinski definition) is 5. The van der Waals surface area contributed by atoms with Gasteiger partial charge in [0.15, 0.2) is 0 Å². The van der Waals surface area contributed by atoms with Crippen LogP contribution < -0.4 is 0 Å². The lowest BCUT2D eigenvalue weighted by molar-refractivity contribution is -0.00614. The predicted molar refractivity (Wildman–Crippen MR) is 94.3 cm³/mol. The van der Waals surface area contributed by atoms with Crippen LogP contribution in [-0.4, -0.2) is 35.1 Å². The average molecular weight is 350 g/mol. The van der Waals surface area contributed by atoms with Crippen LogP contribution in [0.4, 0.5) is 0 Å². The molecule has 0 unspecified atom stereocenters. The van der Waals surface area contributed by atoms with Crippen molar-refractivity contribution in [1.29, 1.82) is 0 Å². The molecule has 5 rings (SSSR count). The molecule has 0 spiro atoms. The molecular formula is C19H22N6O. The molecule has 0 saturated heterocycles. The van der Waals surface area contributed by atoms with Gasteiger partial charge in [0, 0.05) is 24.2 Å². The number of nitrogens with zero attached hydrogens (tertiary/aromatic N) is 6. The van der Waals surface area contributed by atoms with Crippen LogP contribution in [0, 0.1) is 0 Å². The molecular weight excluding hydrogens is 328 g/mol. The smallest absolute Gasteiger partial charge is 0.129 e. The fourth-order valence-electron chi connectivity index (χ4n) is 3.43. The van der Waals surface area contributed by atoms with Crippen LogP contribution in [0.5, 0.6) is 0 Å². The Morgan fingerprint density at radius 1 is 0.846 bits per heavy atom. The van der Waals surface area contributed by atoms with Gasteiger partial charge in [0.05, 0.1) is 24.5 Å². The molecule has 1 N–H and O–H groups in total. The molecule has 3 aromatic rings. The van der Waals surface area contributed by atoms with E-state index in [4.69, 9.17) is 0 Å². The van der Waals surface area contributed by atoms with E-state index in [0.29, 0.717) is 24.9 Å². The van der Waals surface area contributed by atoms with E-state index in [9.17, 15) is 5.11 Å². The fraction of sp³-hybridized carbons (Fsp3) is 0.474. The van der Waals surface area contributed by atoms with Crippen LogP contribution in [0.3, 0.4) is 0 Å². The zero-order chi connectivity index (χ0) is 17.6. The first-order valence-electron chi connectivity index (χ1n) is 9.28. The van der Waals surface area contributed by atoms with Gasteiger partial charge in [-0.25, -0.2) is 9.36 Å². The van der Waals surface area contributed by atoms with E-state index in [0.717, 1.165) is 17.0 Å². The van der Waals surface area contributed by atoms with Crippen molar-refractivity contribution in [3.8, 4) is 0 Å². The maximum Gasteiger partial charge on any atom is 0.129 e. The lowest BCUT2D eigenvalue weighted by atomic mass is 9.93. The van der Waals surface area contributed by atoms with Gasteiger partial charge in [-0.1, -0.05) is 40.8 Å². The summed E-state index contributed by atoms with van der Waals surface area (Å²) in [6.45, 7) is 0.657. The third kappa shape index (κ3) is 3.14. The van der Waals surface area contributed by atoms with Crippen LogP contribution in [0.15, 0.2) is 42.7 Å². The van der Waals surface area contributed by atoms with E-state index in [-0.39, 0.29) is 0 Å². The van der Waals surface area contributed by atoms with Crippen LogP contribution in [0.2, 0.25) is 0 Å². The van der Waals surface area contributed by atoms with E-state index < -0.39 is 5.60 Å². The summed E-state index contributed by atoms with van der Waals surface area (Å²) in [7, 11) is 0. The molecule has 2 aliphatic carbocycles. The first-order chi connectivity index (χ1) is 12.7. The molecule has 2 saturated carbocycles. The summed E-state index contributed by atoms with van der Waals surface area (Å²) in [4.78, 5) is 0. The van der Waals surface area contributed by atoms with Crippen LogP contribution >= 0.6 is 0 Å². The zero-order valence-corrected chi connectivity index (χ0v) is 14.6. The number of hydrogen-bond donors (Lipinski definition) is 1. The normalized spacial score (nSPS) is 17.6. The minimum Gasteiger partial charge on any atom is -0.381 e. The van der Waals surface area contributed by atoms with Crippen LogP contribution in [0.1, 0.15) is 54.5 Å². The zero-order valence-electron chi connectivity index (χ0n) is 14.6. The maximum atomic E-state index is 11.5. The second-order valence-electron chi connectivity index (χ2n) is 7.63. The Bertz CT molecular complexity index is 841. The summed E-state index contributed by atoms with van der Waals surface area (Å²) in [6, 6.07) is 9.71. The minimum absolute atomic E-state index is 0.329. The molecule has 7 heteroatoms. The highest BCUT2D eigenvalue weighted by Gasteiger charge is 2.34. The molecule has 0 aliphatic heterocycles. The van der Waals surface area contributed by atoms with Gasteiger partial charge in [0.1, 0.15) is 5.60 Å². The van der Waals surface area contributed by atoms with Crippen molar-refractivity contribution in [3.05, 3.63) is 59.7 Å². The highest BCUT2D eigenvalue weighted by molar-refractivity contribution is 5.22. The molecule has 0 amide bonds. The predicted octanol–water partition coefficient (Wildman–Crippen LogP) is 2.21. The highest BCUT2D eigenvalue weighted by Crippen LogP contribution is 2.39. The topological polar surface area (TPSA) is 81.6 Å². The summed E-state index contributed by atoms with van der Waals surface area (Å²) < 4.78 is 3.50. The Hall–Kier alpha value is -2.54. The van der Waals surface area contributed by atoms with Gasteiger partial charge in [0.2, 0.25) is 0 Å². The quantitative estimate of drug-likeness (QED) is 0.706. The van der Waals surface area contributed by atoms with E-state index in [1.807, 2.05) is 42.7 Å². The Morgan fingerprint density at radius 3 is 1.81 bits per heavy atom. The molecule has 0 radical (unpaired) electrons. The fourth-order valence-corrected chi connectivity index (χ4v) is 3.43. The first kappa shape index (κ1) is 15.7. The number of aromatic nitrogens is 6. The highest BCUT2D eigenvalue weighted by atomic mass is 16.3. The van der Waals surface area contributed by atoms with E-state index in [1.54, 1.807) is 9.36 Å². The Balaban J connectivity index is 1.43. The molecule has 2 aliphatic rings. The molecule has 2 aromatic heterocycles. The Kier molecular flexibility index (Phi) is 3.63. The van der Waals surface area contributed by atoms with Gasteiger partial charge >= 0.3 is 0 Å². The van der Waals surface area contributed by atoms with Gasteiger partial charge in [-0.15, -0.1) is 10.2 Å².